The van der Waals surface area contributed by atoms with Gasteiger partial charge in [-0.2, -0.15) is 5.10 Å². The molecule has 6 nitrogen and oxygen atoms in total. The molecule has 0 spiro atoms. The molecule has 0 radical (unpaired) electrons. The lowest BCUT2D eigenvalue weighted by molar-refractivity contribution is 0.0935. The number of amides is 1. The van der Waals surface area contributed by atoms with Gasteiger partial charge in [0.2, 0.25) is 0 Å². The van der Waals surface area contributed by atoms with Gasteiger partial charge in [-0.05, 0) is 31.5 Å². The highest BCUT2D eigenvalue weighted by Crippen LogP contribution is 2.14. The molecule has 1 atom stereocenters. The number of nitrogen functional groups attached to an aromatic ring is 1. The maximum Gasteiger partial charge on any atom is 0.274 e. The van der Waals surface area contributed by atoms with Crippen molar-refractivity contribution in [3.8, 4) is 0 Å². The highest BCUT2D eigenvalue weighted by Gasteiger charge is 2.17. The summed E-state index contributed by atoms with van der Waals surface area (Å²) in [7, 11) is 0. The van der Waals surface area contributed by atoms with Crippen LogP contribution >= 0.6 is 0 Å². The van der Waals surface area contributed by atoms with Crippen molar-refractivity contribution < 1.29 is 4.79 Å². The van der Waals surface area contributed by atoms with Crippen LogP contribution in [-0.4, -0.2) is 20.7 Å². The number of aryl methyl sites for hydroxylation is 1. The summed E-state index contributed by atoms with van der Waals surface area (Å²) in [5, 5.41) is 7.01. The van der Waals surface area contributed by atoms with Gasteiger partial charge in [-0.3, -0.25) is 14.5 Å². The topological polar surface area (TPSA) is 85.8 Å². The van der Waals surface area contributed by atoms with Crippen LogP contribution in [-0.2, 0) is 6.54 Å². The summed E-state index contributed by atoms with van der Waals surface area (Å²) < 4.78 is 1.64. The number of carbonyl (C=O) groups is 1. The van der Waals surface area contributed by atoms with Gasteiger partial charge in [-0.15, -0.1) is 0 Å². The lowest BCUT2D eigenvalue weighted by Gasteiger charge is -2.13. The quantitative estimate of drug-likeness (QED) is 0.868. The summed E-state index contributed by atoms with van der Waals surface area (Å²) in [4.78, 5) is 16.0. The van der Waals surface area contributed by atoms with Crippen LogP contribution in [0.3, 0.4) is 0 Å². The van der Waals surface area contributed by atoms with E-state index in [1.807, 2.05) is 26.0 Å². The summed E-state index contributed by atoms with van der Waals surface area (Å²) in [5.41, 5.74) is 7.42. The zero-order chi connectivity index (χ0) is 13.8. The van der Waals surface area contributed by atoms with Crippen LogP contribution in [0.15, 0.2) is 30.7 Å². The molecule has 0 aliphatic carbocycles. The van der Waals surface area contributed by atoms with Gasteiger partial charge >= 0.3 is 0 Å². The summed E-state index contributed by atoms with van der Waals surface area (Å²) >= 11 is 0. The van der Waals surface area contributed by atoms with Gasteiger partial charge in [0.15, 0.2) is 5.69 Å². The van der Waals surface area contributed by atoms with Crippen LogP contribution in [0.2, 0.25) is 0 Å². The molecule has 3 N–H and O–H groups in total. The Balaban J connectivity index is 2.10. The molecule has 0 fully saturated rings. The standard InChI is InChI=1S/C13H17N5O/c1-3-18-8-11(14)12(17-18)13(19)16-9(2)10-4-6-15-7-5-10/h4-9H,3,14H2,1-2H3,(H,16,19). The molecule has 2 heterocycles. The second-order valence-electron chi connectivity index (χ2n) is 4.26. The Morgan fingerprint density at radius 2 is 2.16 bits per heavy atom. The van der Waals surface area contributed by atoms with Crippen LogP contribution in [0.5, 0.6) is 0 Å². The predicted octanol–water partition coefficient (Wildman–Crippen LogP) is 1.37. The van der Waals surface area contributed by atoms with Crippen molar-refractivity contribution in [3.63, 3.8) is 0 Å². The van der Waals surface area contributed by atoms with Crippen molar-refractivity contribution in [2.24, 2.45) is 0 Å². The molecule has 2 aromatic heterocycles. The number of aromatic nitrogens is 3. The SMILES string of the molecule is CCn1cc(N)c(C(=O)NC(C)c2ccncc2)n1. The Labute approximate surface area is 111 Å². The third-order valence-electron chi connectivity index (χ3n) is 2.88. The lowest BCUT2D eigenvalue weighted by Crippen LogP contribution is -2.27. The Hall–Kier alpha value is -2.37. The molecule has 1 unspecified atom stereocenters. The monoisotopic (exact) mass is 259 g/mol. The second kappa shape index (κ2) is 5.51. The van der Waals surface area contributed by atoms with E-state index in [-0.39, 0.29) is 17.6 Å². The number of nitrogens with one attached hydrogen (secondary N) is 1. The van der Waals surface area contributed by atoms with Crippen molar-refractivity contribution in [1.29, 1.82) is 0 Å². The fourth-order valence-corrected chi connectivity index (χ4v) is 1.78. The van der Waals surface area contributed by atoms with Crippen LogP contribution < -0.4 is 11.1 Å². The molecule has 0 bridgehead atoms. The van der Waals surface area contributed by atoms with Gasteiger partial charge in [0.05, 0.1) is 11.7 Å². The molecule has 6 heteroatoms. The first kappa shape index (κ1) is 13.1. The smallest absolute Gasteiger partial charge is 0.274 e. The average Bonchev–Trinajstić information content (AvgIpc) is 2.81. The number of anilines is 1. The van der Waals surface area contributed by atoms with E-state index >= 15 is 0 Å². The number of pyridine rings is 1. The fourth-order valence-electron chi connectivity index (χ4n) is 1.78. The van der Waals surface area contributed by atoms with E-state index in [0.717, 1.165) is 5.56 Å². The molecular weight excluding hydrogens is 242 g/mol. The summed E-state index contributed by atoms with van der Waals surface area (Å²) in [6, 6.07) is 3.60. The van der Waals surface area contributed by atoms with Gasteiger partial charge in [0, 0.05) is 25.1 Å². The second-order valence-corrected chi connectivity index (χ2v) is 4.26. The van der Waals surface area contributed by atoms with Crippen LogP contribution in [0.1, 0.15) is 35.9 Å². The Bertz CT molecular complexity index is 564. The number of rotatable bonds is 4. The molecule has 0 aromatic carbocycles. The average molecular weight is 259 g/mol. The van der Waals surface area contributed by atoms with E-state index < -0.39 is 0 Å². The lowest BCUT2D eigenvalue weighted by atomic mass is 10.1. The maximum atomic E-state index is 12.1. The molecular formula is C13H17N5O. The summed E-state index contributed by atoms with van der Waals surface area (Å²) in [5.74, 6) is -0.269. The minimum Gasteiger partial charge on any atom is -0.396 e. The van der Waals surface area contributed by atoms with Crippen molar-refractivity contribution in [3.05, 3.63) is 42.0 Å². The van der Waals surface area contributed by atoms with Crippen molar-refractivity contribution in [2.45, 2.75) is 26.4 Å². The predicted molar refractivity (Wildman–Crippen MR) is 72.4 cm³/mol. The van der Waals surface area contributed by atoms with Gasteiger partial charge in [-0.1, -0.05) is 0 Å². The van der Waals surface area contributed by atoms with Crippen LogP contribution in [0.25, 0.3) is 0 Å². The van der Waals surface area contributed by atoms with E-state index in [2.05, 4.69) is 15.4 Å². The fraction of sp³-hybridized carbons (Fsp3) is 0.308. The van der Waals surface area contributed by atoms with Crippen molar-refractivity contribution in [2.75, 3.05) is 5.73 Å². The molecule has 0 aliphatic rings. The molecule has 0 aliphatic heterocycles. The van der Waals surface area contributed by atoms with Crippen LogP contribution in [0, 0.1) is 0 Å². The number of hydrogen-bond donors (Lipinski definition) is 2. The van der Waals surface area contributed by atoms with E-state index in [1.165, 1.54) is 0 Å². The number of carbonyl (C=O) groups excluding carboxylic acids is 1. The maximum absolute atomic E-state index is 12.1. The number of nitrogens with zero attached hydrogens (tertiary/aromatic N) is 3. The summed E-state index contributed by atoms with van der Waals surface area (Å²) in [6.07, 6.45) is 5.04. The van der Waals surface area contributed by atoms with E-state index in [9.17, 15) is 4.79 Å². The minimum atomic E-state index is -0.269. The van der Waals surface area contributed by atoms with Gasteiger partial charge in [-0.25, -0.2) is 0 Å². The molecule has 0 saturated heterocycles. The largest absolute Gasteiger partial charge is 0.396 e. The Morgan fingerprint density at radius 3 is 2.74 bits per heavy atom. The highest BCUT2D eigenvalue weighted by atomic mass is 16.2. The third kappa shape index (κ3) is 2.90. The van der Waals surface area contributed by atoms with E-state index in [1.54, 1.807) is 23.3 Å². The van der Waals surface area contributed by atoms with Crippen LogP contribution in [0.4, 0.5) is 5.69 Å². The van der Waals surface area contributed by atoms with Crippen molar-refractivity contribution in [1.82, 2.24) is 20.1 Å². The first-order chi connectivity index (χ1) is 9.11. The normalized spacial score (nSPS) is 12.1. The molecule has 100 valence electrons. The van der Waals surface area contributed by atoms with E-state index in [4.69, 9.17) is 5.73 Å². The van der Waals surface area contributed by atoms with Gasteiger partial charge < -0.3 is 11.1 Å². The zero-order valence-electron chi connectivity index (χ0n) is 11.0. The molecule has 19 heavy (non-hydrogen) atoms. The summed E-state index contributed by atoms with van der Waals surface area (Å²) in [6.45, 7) is 4.52. The molecule has 2 rings (SSSR count). The molecule has 2 aromatic rings. The minimum absolute atomic E-state index is 0.123. The first-order valence-corrected chi connectivity index (χ1v) is 6.15. The zero-order valence-corrected chi connectivity index (χ0v) is 11.0. The van der Waals surface area contributed by atoms with Gasteiger partial charge in [0.25, 0.3) is 5.91 Å². The van der Waals surface area contributed by atoms with E-state index in [0.29, 0.717) is 12.2 Å². The van der Waals surface area contributed by atoms with Crippen molar-refractivity contribution >= 4 is 11.6 Å². The third-order valence-corrected chi connectivity index (χ3v) is 2.88. The molecule has 0 saturated carbocycles. The highest BCUT2D eigenvalue weighted by molar-refractivity contribution is 5.97. The Morgan fingerprint density at radius 1 is 1.47 bits per heavy atom. The first-order valence-electron chi connectivity index (χ1n) is 6.15. The number of nitrogens with two attached hydrogens (primary N) is 1. The van der Waals surface area contributed by atoms with Gasteiger partial charge in [0.1, 0.15) is 0 Å². The number of hydrogen-bond acceptors (Lipinski definition) is 4. The Kier molecular flexibility index (Phi) is 3.79. The molecule has 1 amide bonds.